The van der Waals surface area contributed by atoms with Crippen LogP contribution in [0.15, 0.2) is 41.4 Å². The lowest BCUT2D eigenvalue weighted by Crippen LogP contribution is -2.10. The minimum Gasteiger partial charge on any atom is -0.493 e. The van der Waals surface area contributed by atoms with Crippen LogP contribution in [0.4, 0.5) is 5.69 Å². The van der Waals surface area contributed by atoms with Crippen molar-refractivity contribution in [3.63, 3.8) is 0 Å². The lowest BCUT2D eigenvalue weighted by atomic mass is 10.2. The van der Waals surface area contributed by atoms with E-state index < -0.39 is 12.6 Å². The van der Waals surface area contributed by atoms with E-state index in [4.69, 9.17) is 26.2 Å². The third kappa shape index (κ3) is 4.72. The van der Waals surface area contributed by atoms with Gasteiger partial charge in [-0.05, 0) is 48.4 Å². The molecule has 0 radical (unpaired) electrons. The Morgan fingerprint density at radius 2 is 2.04 bits per heavy atom. The maximum atomic E-state index is 10.6. The van der Waals surface area contributed by atoms with E-state index in [0.29, 0.717) is 16.5 Å². The summed E-state index contributed by atoms with van der Waals surface area (Å²) in [6.07, 6.45) is 1.67. The van der Waals surface area contributed by atoms with Crippen molar-refractivity contribution in [1.29, 1.82) is 0 Å². The number of aryl methyl sites for hydroxylation is 1. The summed E-state index contributed by atoms with van der Waals surface area (Å²) in [5.41, 5.74) is 2.53. The van der Waals surface area contributed by atoms with Gasteiger partial charge < -0.3 is 14.6 Å². The van der Waals surface area contributed by atoms with Gasteiger partial charge in [-0.1, -0.05) is 17.7 Å². The predicted molar refractivity (Wildman–Crippen MR) is 89.6 cm³/mol. The number of aliphatic imine (C=N–C) groups is 1. The Kier molecular flexibility index (Phi) is 5.60. The van der Waals surface area contributed by atoms with Gasteiger partial charge in [0.15, 0.2) is 18.1 Å². The zero-order valence-electron chi connectivity index (χ0n) is 12.7. The van der Waals surface area contributed by atoms with E-state index >= 15 is 0 Å². The molecule has 0 aliphatic carbocycles. The standard InChI is InChI=1S/C17H16ClNO4/c1-11-3-5-13(8-14(11)18)19-9-12-4-6-15(16(7-12)22-2)23-10-17(20)21/h3-9H,10H2,1-2H3,(H,20,21). The maximum Gasteiger partial charge on any atom is 0.341 e. The molecule has 1 N–H and O–H groups in total. The SMILES string of the molecule is COc1cc(C=Nc2ccc(C)c(Cl)c2)ccc1OCC(=O)O. The third-order valence-electron chi connectivity index (χ3n) is 3.06. The molecule has 0 aliphatic heterocycles. The van der Waals surface area contributed by atoms with E-state index in [0.717, 1.165) is 16.8 Å². The van der Waals surface area contributed by atoms with Gasteiger partial charge in [0.2, 0.25) is 0 Å². The van der Waals surface area contributed by atoms with Crippen LogP contribution in [-0.2, 0) is 4.79 Å². The molecule has 0 unspecified atom stereocenters. The Bertz CT molecular complexity index is 743. The molecule has 2 aromatic carbocycles. The van der Waals surface area contributed by atoms with E-state index in [1.807, 2.05) is 19.1 Å². The van der Waals surface area contributed by atoms with Crippen LogP contribution < -0.4 is 9.47 Å². The molecule has 0 fully saturated rings. The molecular formula is C17H16ClNO4. The van der Waals surface area contributed by atoms with Crippen molar-refractivity contribution in [1.82, 2.24) is 0 Å². The maximum absolute atomic E-state index is 10.6. The van der Waals surface area contributed by atoms with Crippen LogP contribution in [0.5, 0.6) is 11.5 Å². The minimum atomic E-state index is -1.05. The highest BCUT2D eigenvalue weighted by Gasteiger charge is 2.07. The molecule has 2 rings (SSSR count). The van der Waals surface area contributed by atoms with E-state index in [1.165, 1.54) is 7.11 Å². The summed E-state index contributed by atoms with van der Waals surface area (Å²) in [5.74, 6) is -0.239. The first kappa shape index (κ1) is 16.8. The van der Waals surface area contributed by atoms with Crippen LogP contribution in [-0.4, -0.2) is 31.0 Å². The van der Waals surface area contributed by atoms with E-state index in [9.17, 15) is 4.79 Å². The molecule has 0 aliphatic rings. The number of aliphatic carboxylic acids is 1. The number of hydrogen-bond acceptors (Lipinski definition) is 4. The van der Waals surface area contributed by atoms with Crippen LogP contribution in [0.2, 0.25) is 5.02 Å². The molecule has 0 amide bonds. The van der Waals surface area contributed by atoms with Gasteiger partial charge in [-0.25, -0.2) is 4.79 Å². The second-order valence-electron chi connectivity index (χ2n) is 4.78. The average Bonchev–Trinajstić information content (AvgIpc) is 2.54. The Morgan fingerprint density at radius 3 is 2.70 bits per heavy atom. The monoisotopic (exact) mass is 333 g/mol. The van der Waals surface area contributed by atoms with Crippen molar-refractivity contribution in [2.45, 2.75) is 6.92 Å². The van der Waals surface area contributed by atoms with Crippen LogP contribution in [0.1, 0.15) is 11.1 Å². The van der Waals surface area contributed by atoms with Gasteiger partial charge in [-0.2, -0.15) is 0 Å². The van der Waals surface area contributed by atoms with Crippen LogP contribution in [0.3, 0.4) is 0 Å². The first-order chi connectivity index (χ1) is 11.0. The smallest absolute Gasteiger partial charge is 0.341 e. The number of carboxylic acids is 1. The molecule has 0 heterocycles. The molecule has 5 nitrogen and oxygen atoms in total. The quantitative estimate of drug-likeness (QED) is 0.815. The fourth-order valence-corrected chi connectivity index (χ4v) is 2.01. The number of benzene rings is 2. The fraction of sp³-hybridized carbons (Fsp3) is 0.176. The van der Waals surface area contributed by atoms with E-state index in [-0.39, 0.29) is 0 Å². The molecule has 6 heteroatoms. The molecule has 23 heavy (non-hydrogen) atoms. The van der Waals surface area contributed by atoms with Crippen molar-refractivity contribution in [3.8, 4) is 11.5 Å². The third-order valence-corrected chi connectivity index (χ3v) is 3.46. The number of halogens is 1. The van der Waals surface area contributed by atoms with Crippen molar-refractivity contribution in [2.75, 3.05) is 13.7 Å². The zero-order valence-corrected chi connectivity index (χ0v) is 13.5. The topological polar surface area (TPSA) is 68.1 Å². The molecular weight excluding hydrogens is 318 g/mol. The molecule has 0 bridgehead atoms. The van der Waals surface area contributed by atoms with Crippen molar-refractivity contribution in [2.24, 2.45) is 4.99 Å². The zero-order chi connectivity index (χ0) is 16.8. The van der Waals surface area contributed by atoms with Gasteiger partial charge in [0, 0.05) is 11.2 Å². The molecule has 0 saturated carbocycles. The minimum absolute atomic E-state index is 0.366. The molecule has 0 aromatic heterocycles. The summed E-state index contributed by atoms with van der Waals surface area (Å²) < 4.78 is 10.4. The first-order valence-corrected chi connectivity index (χ1v) is 7.20. The highest BCUT2D eigenvalue weighted by Crippen LogP contribution is 2.28. The van der Waals surface area contributed by atoms with Gasteiger partial charge in [0.25, 0.3) is 0 Å². The number of nitrogens with zero attached hydrogens (tertiary/aromatic N) is 1. The number of methoxy groups -OCH3 is 1. The highest BCUT2D eigenvalue weighted by atomic mass is 35.5. The number of carbonyl (C=O) groups is 1. The predicted octanol–water partition coefficient (Wildman–Crippen LogP) is 3.87. The van der Waals surface area contributed by atoms with Gasteiger partial charge in [0.1, 0.15) is 0 Å². The summed E-state index contributed by atoms with van der Waals surface area (Å²) in [5, 5.41) is 9.31. The molecule has 0 spiro atoms. The van der Waals surface area contributed by atoms with Crippen molar-refractivity contribution >= 4 is 29.5 Å². The second kappa shape index (κ2) is 7.65. The highest BCUT2D eigenvalue weighted by molar-refractivity contribution is 6.31. The second-order valence-corrected chi connectivity index (χ2v) is 5.19. The lowest BCUT2D eigenvalue weighted by molar-refractivity contribution is -0.139. The first-order valence-electron chi connectivity index (χ1n) is 6.82. The summed E-state index contributed by atoms with van der Waals surface area (Å²) >= 11 is 6.07. The van der Waals surface area contributed by atoms with E-state index in [1.54, 1.807) is 30.5 Å². The Morgan fingerprint density at radius 1 is 1.26 bits per heavy atom. The molecule has 0 saturated heterocycles. The van der Waals surface area contributed by atoms with Gasteiger partial charge in [0.05, 0.1) is 12.8 Å². The molecule has 0 atom stereocenters. The van der Waals surface area contributed by atoms with Gasteiger partial charge in [-0.3, -0.25) is 4.99 Å². The number of hydrogen-bond donors (Lipinski definition) is 1. The molecule has 120 valence electrons. The van der Waals surface area contributed by atoms with Crippen LogP contribution >= 0.6 is 11.6 Å². The summed E-state index contributed by atoms with van der Waals surface area (Å²) in [6, 6.07) is 10.7. The number of ether oxygens (including phenoxy) is 2. The normalized spacial score (nSPS) is 10.7. The number of carboxylic acid groups (broad SMARTS) is 1. The lowest BCUT2D eigenvalue weighted by Gasteiger charge is -2.09. The fourth-order valence-electron chi connectivity index (χ4n) is 1.83. The molecule has 2 aromatic rings. The van der Waals surface area contributed by atoms with Crippen molar-refractivity contribution in [3.05, 3.63) is 52.5 Å². The summed E-state index contributed by atoms with van der Waals surface area (Å²) in [7, 11) is 1.49. The Balaban J connectivity index is 2.18. The van der Waals surface area contributed by atoms with Crippen LogP contribution in [0, 0.1) is 6.92 Å². The van der Waals surface area contributed by atoms with Crippen molar-refractivity contribution < 1.29 is 19.4 Å². The van der Waals surface area contributed by atoms with Gasteiger partial charge in [-0.15, -0.1) is 0 Å². The largest absolute Gasteiger partial charge is 0.493 e. The average molecular weight is 334 g/mol. The van der Waals surface area contributed by atoms with Crippen LogP contribution in [0.25, 0.3) is 0 Å². The summed E-state index contributed by atoms with van der Waals surface area (Å²) in [6.45, 7) is 1.50. The summed E-state index contributed by atoms with van der Waals surface area (Å²) in [4.78, 5) is 14.9. The Hall–Kier alpha value is -2.53. The Labute approximate surface area is 139 Å². The number of rotatable bonds is 6. The van der Waals surface area contributed by atoms with E-state index in [2.05, 4.69) is 4.99 Å². The van der Waals surface area contributed by atoms with Gasteiger partial charge >= 0.3 is 5.97 Å².